The number of imidazole rings is 1. The van der Waals surface area contributed by atoms with Crippen molar-refractivity contribution in [3.8, 4) is 0 Å². The fraction of sp³-hybridized carbons (Fsp3) is 0.143. The Labute approximate surface area is 189 Å². The number of aromatic amines is 1. The van der Waals surface area contributed by atoms with E-state index >= 15 is 0 Å². The summed E-state index contributed by atoms with van der Waals surface area (Å²) in [6.45, 7) is 0.439. The normalized spacial score (nSPS) is 19.6. The van der Waals surface area contributed by atoms with Gasteiger partial charge in [-0.2, -0.15) is 0 Å². The molecule has 0 saturated heterocycles. The Hall–Kier alpha value is -3.11. The highest BCUT2D eigenvalue weighted by Gasteiger charge is 2.37. The first-order chi connectivity index (χ1) is 15.0. The Bertz CT molecular complexity index is 1310. The smallest absolute Gasteiger partial charge is 0.258 e. The van der Waals surface area contributed by atoms with Crippen molar-refractivity contribution in [1.29, 1.82) is 5.41 Å². The van der Waals surface area contributed by atoms with Gasteiger partial charge in [0.15, 0.2) is 0 Å². The number of carbonyl (C=O) groups is 1. The zero-order valence-electron chi connectivity index (χ0n) is 16.0. The van der Waals surface area contributed by atoms with Crippen LogP contribution in [0.2, 0.25) is 0 Å². The van der Waals surface area contributed by atoms with Gasteiger partial charge in [-0.05, 0) is 46.3 Å². The Morgan fingerprint density at radius 2 is 2.29 bits per heavy atom. The molecule has 31 heavy (non-hydrogen) atoms. The topological polar surface area (TPSA) is 97.8 Å². The number of rotatable bonds is 3. The van der Waals surface area contributed by atoms with E-state index in [-0.39, 0.29) is 17.3 Å². The van der Waals surface area contributed by atoms with E-state index < -0.39 is 6.04 Å². The molecule has 3 aromatic rings. The molecule has 0 radical (unpaired) electrons. The number of nitrogens with zero attached hydrogens (tertiary/aromatic N) is 3. The number of dihydropyridines is 1. The largest absolute Gasteiger partial charge is 0.349 e. The van der Waals surface area contributed by atoms with E-state index in [1.807, 2.05) is 6.08 Å². The van der Waals surface area contributed by atoms with Gasteiger partial charge >= 0.3 is 0 Å². The first kappa shape index (κ1) is 19.8. The predicted molar refractivity (Wildman–Crippen MR) is 121 cm³/mol. The minimum absolute atomic E-state index is 0.234. The third kappa shape index (κ3) is 3.51. The van der Waals surface area contributed by atoms with Crippen molar-refractivity contribution in [2.45, 2.75) is 12.5 Å². The van der Waals surface area contributed by atoms with Gasteiger partial charge in [0.1, 0.15) is 16.9 Å². The fourth-order valence-electron chi connectivity index (χ4n) is 3.79. The van der Waals surface area contributed by atoms with E-state index in [9.17, 15) is 9.18 Å². The van der Waals surface area contributed by atoms with E-state index in [4.69, 9.17) is 5.41 Å². The number of amides is 1. The van der Waals surface area contributed by atoms with E-state index in [0.29, 0.717) is 38.5 Å². The van der Waals surface area contributed by atoms with Crippen LogP contribution in [0, 0.1) is 11.2 Å². The van der Waals surface area contributed by atoms with E-state index in [1.54, 1.807) is 29.4 Å². The number of halogens is 2. The summed E-state index contributed by atoms with van der Waals surface area (Å²) in [7, 11) is 0. The highest BCUT2D eigenvalue weighted by atomic mass is 79.9. The average Bonchev–Trinajstić information content (AvgIpc) is 3.39. The van der Waals surface area contributed by atoms with Crippen LogP contribution in [0.25, 0.3) is 10.2 Å². The molecule has 2 aromatic heterocycles. The number of allylic oxidation sites excluding steroid dienone is 3. The third-order valence-corrected chi connectivity index (χ3v) is 6.74. The van der Waals surface area contributed by atoms with Crippen LogP contribution in [0.4, 0.5) is 4.39 Å². The fourth-order valence-corrected chi connectivity index (χ4v) is 5.26. The number of fused-ring (bicyclic) bond motifs is 2. The third-order valence-electron chi connectivity index (χ3n) is 5.21. The van der Waals surface area contributed by atoms with Gasteiger partial charge in [0.25, 0.3) is 5.91 Å². The molecule has 7 nitrogen and oxygen atoms in total. The number of benzene rings is 1. The number of carbonyl (C=O) groups excluding carboxylic acids is 1. The number of nitrogens with one attached hydrogen (secondary N) is 3. The Balaban J connectivity index is 1.60. The molecular weight excluding hydrogens is 483 g/mol. The average molecular weight is 499 g/mol. The molecule has 156 valence electrons. The van der Waals surface area contributed by atoms with Gasteiger partial charge < -0.3 is 20.6 Å². The summed E-state index contributed by atoms with van der Waals surface area (Å²) < 4.78 is 15.1. The summed E-state index contributed by atoms with van der Waals surface area (Å²) in [6.07, 6.45) is 8.66. The molecule has 1 amide bonds. The lowest BCUT2D eigenvalue weighted by Gasteiger charge is -2.34. The number of H-pyrrole nitrogens is 1. The predicted octanol–water partition coefficient (Wildman–Crippen LogP) is 3.93. The van der Waals surface area contributed by atoms with Crippen LogP contribution in [0.1, 0.15) is 22.4 Å². The number of aromatic nitrogens is 3. The molecular formula is C21H16BrFN6OS. The maximum absolute atomic E-state index is 13.7. The summed E-state index contributed by atoms with van der Waals surface area (Å²) in [5.74, 6) is -0.627. The molecule has 0 unspecified atom stereocenters. The number of hydrogen-bond donors (Lipinski definition) is 3. The molecule has 4 heterocycles. The lowest BCUT2D eigenvalue weighted by Crippen LogP contribution is -2.42. The van der Waals surface area contributed by atoms with Gasteiger partial charge in [-0.25, -0.2) is 14.4 Å². The minimum Gasteiger partial charge on any atom is -0.349 e. The lowest BCUT2D eigenvalue weighted by atomic mass is 10.0. The van der Waals surface area contributed by atoms with E-state index in [2.05, 4.69) is 36.2 Å². The molecule has 0 fully saturated rings. The zero-order chi connectivity index (χ0) is 21.5. The maximum Gasteiger partial charge on any atom is 0.258 e. The molecule has 2 aliphatic heterocycles. The Kier molecular flexibility index (Phi) is 5.03. The highest BCUT2D eigenvalue weighted by Crippen LogP contribution is 2.38. The van der Waals surface area contributed by atoms with Crippen molar-refractivity contribution in [1.82, 2.24) is 25.2 Å². The van der Waals surface area contributed by atoms with Crippen molar-refractivity contribution in [3.05, 3.63) is 80.8 Å². The first-order valence-electron chi connectivity index (χ1n) is 9.50. The summed E-state index contributed by atoms with van der Waals surface area (Å²) in [4.78, 5) is 27.6. The quantitative estimate of drug-likeness (QED) is 0.289. The monoisotopic (exact) mass is 498 g/mol. The van der Waals surface area contributed by atoms with Crippen molar-refractivity contribution in [2.75, 3.05) is 6.54 Å². The molecule has 10 heteroatoms. The van der Waals surface area contributed by atoms with Crippen LogP contribution in [-0.2, 0) is 11.2 Å². The molecule has 0 saturated carbocycles. The number of hydrogen-bond acceptors (Lipinski definition) is 6. The first-order valence-corrected chi connectivity index (χ1v) is 11.1. The maximum atomic E-state index is 13.7. The SMILES string of the molecule is N=C/C(C(=O)N1CCc2[nH]cnc2[C@H]1c1nc2ccc(F)cc2s1)=C1/C=CC=C(Br)N1. The zero-order valence-corrected chi connectivity index (χ0v) is 18.4. The van der Waals surface area contributed by atoms with Crippen molar-refractivity contribution in [2.24, 2.45) is 0 Å². The molecule has 3 N–H and O–H groups in total. The van der Waals surface area contributed by atoms with Crippen LogP contribution in [0.3, 0.4) is 0 Å². The van der Waals surface area contributed by atoms with E-state index in [1.165, 1.54) is 23.5 Å². The second-order valence-corrected chi connectivity index (χ2v) is 8.97. The minimum atomic E-state index is -0.523. The van der Waals surface area contributed by atoms with Gasteiger partial charge in [-0.1, -0.05) is 6.08 Å². The molecule has 5 rings (SSSR count). The lowest BCUT2D eigenvalue weighted by molar-refractivity contribution is -0.128. The van der Waals surface area contributed by atoms with Crippen LogP contribution < -0.4 is 5.32 Å². The summed E-state index contributed by atoms with van der Waals surface area (Å²) in [5.41, 5.74) is 3.12. The summed E-state index contributed by atoms with van der Waals surface area (Å²) in [5, 5.41) is 11.6. The van der Waals surface area contributed by atoms with Crippen molar-refractivity contribution < 1.29 is 9.18 Å². The van der Waals surface area contributed by atoms with E-state index in [0.717, 1.165) is 17.6 Å². The summed E-state index contributed by atoms with van der Waals surface area (Å²) >= 11 is 4.72. The summed E-state index contributed by atoms with van der Waals surface area (Å²) in [6, 6.07) is 3.93. The second kappa shape index (κ2) is 7.86. The van der Waals surface area contributed by atoms with Gasteiger partial charge in [0.2, 0.25) is 0 Å². The second-order valence-electron chi connectivity index (χ2n) is 7.05. The Morgan fingerprint density at radius 3 is 3.10 bits per heavy atom. The van der Waals surface area contributed by atoms with Crippen LogP contribution in [0.15, 0.2) is 58.6 Å². The molecule has 1 atom stereocenters. The van der Waals surface area contributed by atoms with Crippen LogP contribution >= 0.6 is 27.3 Å². The van der Waals surface area contributed by atoms with Gasteiger partial charge in [0.05, 0.1) is 38.1 Å². The highest BCUT2D eigenvalue weighted by molar-refractivity contribution is 9.11. The number of thiazole rings is 1. The van der Waals surface area contributed by atoms with Gasteiger partial charge in [-0.15, -0.1) is 11.3 Å². The standard InChI is InChI=1S/C21H16BrFN6OS/c22-17-3-1-2-13(27-17)12(9-24)21(30)29-7-6-15-18(26-10-25-15)19(29)20-28-14-5-4-11(23)8-16(14)31-20/h1-5,8-10,19,24,27H,6-7H2,(H,25,26)/b13-12+,24-9?/t19-/m0/s1. The van der Waals surface area contributed by atoms with Crippen LogP contribution in [0.5, 0.6) is 0 Å². The molecule has 2 aliphatic rings. The molecule has 1 aromatic carbocycles. The van der Waals surface area contributed by atoms with Gasteiger partial charge in [-0.3, -0.25) is 4.79 Å². The molecule has 0 spiro atoms. The van der Waals surface area contributed by atoms with Crippen molar-refractivity contribution >= 4 is 49.6 Å². The van der Waals surface area contributed by atoms with Crippen molar-refractivity contribution in [3.63, 3.8) is 0 Å². The Morgan fingerprint density at radius 1 is 1.42 bits per heavy atom. The molecule has 0 bridgehead atoms. The van der Waals surface area contributed by atoms with Crippen LogP contribution in [-0.4, -0.2) is 38.5 Å². The van der Waals surface area contributed by atoms with Gasteiger partial charge in [0, 0.05) is 24.9 Å². The molecule has 0 aliphatic carbocycles.